The Kier molecular flexibility index (Phi) is 3.13. The average molecular weight is 272 g/mol. The molecule has 2 heterocycles. The lowest BCUT2D eigenvalue weighted by atomic mass is 10.1. The highest BCUT2D eigenvalue weighted by molar-refractivity contribution is 6.35. The number of H-pyrrole nitrogens is 1. The minimum absolute atomic E-state index is 0.730. The van der Waals surface area contributed by atoms with E-state index in [0.29, 0.717) is 0 Å². The third-order valence-corrected chi connectivity index (χ3v) is 3.47. The molecular formula is C15H14ClN3. The van der Waals surface area contributed by atoms with Gasteiger partial charge in [0, 0.05) is 34.8 Å². The molecule has 0 atom stereocenters. The van der Waals surface area contributed by atoms with Crippen molar-refractivity contribution >= 4 is 28.2 Å². The van der Waals surface area contributed by atoms with E-state index in [2.05, 4.69) is 34.0 Å². The Hall–Kier alpha value is -2.00. The van der Waals surface area contributed by atoms with Crippen LogP contribution >= 0.6 is 11.6 Å². The maximum Gasteiger partial charge on any atom is 0.0545 e. The fourth-order valence-electron chi connectivity index (χ4n) is 2.25. The van der Waals surface area contributed by atoms with Gasteiger partial charge in [0.2, 0.25) is 0 Å². The highest BCUT2D eigenvalue weighted by Crippen LogP contribution is 2.27. The minimum atomic E-state index is 0.730. The van der Waals surface area contributed by atoms with Gasteiger partial charge in [-0.2, -0.15) is 0 Å². The van der Waals surface area contributed by atoms with E-state index in [1.807, 2.05) is 18.3 Å². The predicted octanol–water partition coefficient (Wildman–Crippen LogP) is 3.76. The SMILES string of the molecule is C=CNCc1cc2cc(Cl)c(C3=NC=CC3)cc2[nH]1. The summed E-state index contributed by atoms with van der Waals surface area (Å²) >= 11 is 6.34. The summed E-state index contributed by atoms with van der Waals surface area (Å²) in [5.41, 5.74) is 4.21. The van der Waals surface area contributed by atoms with Crippen molar-refractivity contribution in [2.75, 3.05) is 0 Å². The van der Waals surface area contributed by atoms with E-state index in [4.69, 9.17) is 11.6 Å². The van der Waals surface area contributed by atoms with Crippen LogP contribution in [0.3, 0.4) is 0 Å². The van der Waals surface area contributed by atoms with Gasteiger partial charge < -0.3 is 10.3 Å². The number of aromatic nitrogens is 1. The number of allylic oxidation sites excluding steroid dienone is 1. The van der Waals surface area contributed by atoms with Gasteiger partial charge in [0.15, 0.2) is 0 Å². The molecule has 2 aromatic rings. The quantitative estimate of drug-likeness (QED) is 0.873. The van der Waals surface area contributed by atoms with E-state index in [9.17, 15) is 0 Å². The first kappa shape index (κ1) is 12.1. The van der Waals surface area contributed by atoms with Crippen LogP contribution in [0.1, 0.15) is 17.7 Å². The summed E-state index contributed by atoms with van der Waals surface area (Å²) in [6.07, 6.45) is 6.38. The molecular weight excluding hydrogens is 258 g/mol. The lowest BCUT2D eigenvalue weighted by Gasteiger charge is -2.04. The second kappa shape index (κ2) is 4.94. The Balaban J connectivity index is 2.01. The monoisotopic (exact) mass is 271 g/mol. The van der Waals surface area contributed by atoms with Crippen molar-refractivity contribution in [3.63, 3.8) is 0 Å². The fourth-order valence-corrected chi connectivity index (χ4v) is 2.53. The topological polar surface area (TPSA) is 40.2 Å². The second-order valence-electron chi connectivity index (χ2n) is 4.46. The van der Waals surface area contributed by atoms with Crippen molar-refractivity contribution in [2.45, 2.75) is 13.0 Å². The Morgan fingerprint density at radius 2 is 2.32 bits per heavy atom. The third-order valence-electron chi connectivity index (χ3n) is 3.16. The smallest absolute Gasteiger partial charge is 0.0545 e. The highest BCUT2D eigenvalue weighted by atomic mass is 35.5. The molecule has 0 unspecified atom stereocenters. The molecule has 0 bridgehead atoms. The molecule has 4 heteroatoms. The van der Waals surface area contributed by atoms with E-state index < -0.39 is 0 Å². The molecule has 2 N–H and O–H groups in total. The predicted molar refractivity (Wildman–Crippen MR) is 80.6 cm³/mol. The molecule has 0 spiro atoms. The molecule has 19 heavy (non-hydrogen) atoms. The van der Waals surface area contributed by atoms with E-state index in [-0.39, 0.29) is 0 Å². The molecule has 0 aliphatic carbocycles. The number of nitrogens with one attached hydrogen (secondary N) is 2. The average Bonchev–Trinajstić information content (AvgIpc) is 3.03. The summed E-state index contributed by atoms with van der Waals surface area (Å²) in [4.78, 5) is 7.72. The van der Waals surface area contributed by atoms with E-state index in [0.717, 1.165) is 45.9 Å². The number of rotatable bonds is 4. The Morgan fingerprint density at radius 3 is 3.05 bits per heavy atom. The molecule has 1 aliphatic heterocycles. The van der Waals surface area contributed by atoms with Crippen LogP contribution < -0.4 is 5.32 Å². The summed E-state index contributed by atoms with van der Waals surface area (Å²) in [6.45, 7) is 4.37. The number of hydrogen-bond acceptors (Lipinski definition) is 2. The Bertz CT molecular complexity index is 695. The van der Waals surface area contributed by atoms with E-state index >= 15 is 0 Å². The van der Waals surface area contributed by atoms with Gasteiger partial charge in [0.1, 0.15) is 0 Å². The highest BCUT2D eigenvalue weighted by Gasteiger charge is 2.12. The zero-order valence-corrected chi connectivity index (χ0v) is 11.2. The molecule has 0 fully saturated rings. The maximum atomic E-state index is 6.34. The maximum absolute atomic E-state index is 6.34. The minimum Gasteiger partial charge on any atom is -0.386 e. The van der Waals surface area contributed by atoms with Crippen LogP contribution in [0.2, 0.25) is 5.02 Å². The largest absolute Gasteiger partial charge is 0.386 e. The van der Waals surface area contributed by atoms with Gasteiger partial charge in [-0.05, 0) is 24.4 Å². The summed E-state index contributed by atoms with van der Waals surface area (Å²) in [6, 6.07) is 6.15. The van der Waals surface area contributed by atoms with Gasteiger partial charge in [-0.25, -0.2) is 0 Å². The molecule has 96 valence electrons. The summed E-state index contributed by atoms with van der Waals surface area (Å²) in [7, 11) is 0. The van der Waals surface area contributed by atoms with Crippen LogP contribution in [0.15, 0.2) is 48.2 Å². The second-order valence-corrected chi connectivity index (χ2v) is 4.87. The number of hydrogen-bond donors (Lipinski definition) is 2. The number of aromatic amines is 1. The van der Waals surface area contributed by atoms with Crippen molar-refractivity contribution in [3.8, 4) is 0 Å². The molecule has 1 aromatic heterocycles. The zero-order chi connectivity index (χ0) is 13.2. The molecule has 1 aliphatic rings. The Morgan fingerprint density at radius 1 is 1.42 bits per heavy atom. The number of fused-ring (bicyclic) bond motifs is 1. The molecule has 0 radical (unpaired) electrons. The number of benzene rings is 1. The van der Waals surface area contributed by atoms with Crippen LogP contribution in [-0.2, 0) is 6.54 Å². The standard InChI is InChI=1S/C15H14ClN3/c1-2-17-9-11-6-10-7-13(16)12(8-15(10)19-11)14-4-3-5-18-14/h2-3,5-8,17,19H,1,4,9H2. The number of halogens is 1. The molecule has 3 nitrogen and oxygen atoms in total. The van der Waals surface area contributed by atoms with Gasteiger partial charge in [-0.15, -0.1) is 0 Å². The van der Waals surface area contributed by atoms with Crippen LogP contribution in [0, 0.1) is 0 Å². The van der Waals surface area contributed by atoms with Crippen molar-refractivity contribution in [2.24, 2.45) is 4.99 Å². The van der Waals surface area contributed by atoms with Gasteiger partial charge in [0.05, 0.1) is 17.3 Å². The zero-order valence-electron chi connectivity index (χ0n) is 10.4. The fraction of sp³-hybridized carbons (Fsp3) is 0.133. The van der Waals surface area contributed by atoms with Crippen LogP contribution in [-0.4, -0.2) is 10.7 Å². The summed E-state index contributed by atoms with van der Waals surface area (Å²) < 4.78 is 0. The third kappa shape index (κ3) is 2.29. The van der Waals surface area contributed by atoms with Crippen LogP contribution in [0.4, 0.5) is 0 Å². The lowest BCUT2D eigenvalue weighted by Crippen LogP contribution is -2.03. The van der Waals surface area contributed by atoms with E-state index in [1.54, 1.807) is 6.20 Å². The summed E-state index contributed by atoms with van der Waals surface area (Å²) in [5, 5.41) is 4.94. The number of aliphatic imine (C=N–C) groups is 1. The summed E-state index contributed by atoms with van der Waals surface area (Å²) in [5.74, 6) is 0. The molecule has 1 aromatic carbocycles. The van der Waals surface area contributed by atoms with Crippen molar-refractivity contribution < 1.29 is 0 Å². The van der Waals surface area contributed by atoms with Crippen LogP contribution in [0.25, 0.3) is 10.9 Å². The van der Waals surface area contributed by atoms with Crippen molar-refractivity contribution in [1.82, 2.24) is 10.3 Å². The lowest BCUT2D eigenvalue weighted by molar-refractivity contribution is 0.849. The first-order valence-electron chi connectivity index (χ1n) is 6.15. The van der Waals surface area contributed by atoms with E-state index in [1.165, 1.54) is 0 Å². The first-order chi connectivity index (χ1) is 9.28. The van der Waals surface area contributed by atoms with Crippen molar-refractivity contribution in [3.05, 3.63) is 59.5 Å². The molecule has 3 rings (SSSR count). The first-order valence-corrected chi connectivity index (χ1v) is 6.53. The van der Waals surface area contributed by atoms with Gasteiger partial charge in [-0.1, -0.05) is 24.3 Å². The normalized spacial score (nSPS) is 13.8. The Labute approximate surface area is 116 Å². The van der Waals surface area contributed by atoms with Crippen molar-refractivity contribution in [1.29, 1.82) is 0 Å². The van der Waals surface area contributed by atoms with Crippen LogP contribution in [0.5, 0.6) is 0 Å². The molecule has 0 saturated heterocycles. The molecule has 0 saturated carbocycles. The molecule has 0 amide bonds. The van der Waals surface area contributed by atoms with Gasteiger partial charge in [0.25, 0.3) is 0 Å². The van der Waals surface area contributed by atoms with Gasteiger partial charge >= 0.3 is 0 Å². The van der Waals surface area contributed by atoms with Gasteiger partial charge in [-0.3, -0.25) is 4.99 Å². The number of nitrogens with zero attached hydrogens (tertiary/aromatic N) is 1.